The van der Waals surface area contributed by atoms with Gasteiger partial charge in [0.15, 0.2) is 16.9 Å². The van der Waals surface area contributed by atoms with E-state index in [0.717, 1.165) is 16.8 Å². The molecule has 2 heterocycles. The average molecular weight is 504 g/mol. The summed E-state index contributed by atoms with van der Waals surface area (Å²) in [5.74, 6) is 0.533. The molecule has 2 aromatic rings. The molecule has 3 rings (SSSR count). The van der Waals surface area contributed by atoms with Crippen LogP contribution >= 0.6 is 0 Å². The first-order chi connectivity index (χ1) is 17.2. The average Bonchev–Trinajstić information content (AvgIpc) is 2.83. The molecule has 1 aromatic heterocycles. The van der Waals surface area contributed by atoms with Crippen LogP contribution in [0.4, 0.5) is 0 Å². The van der Waals surface area contributed by atoms with Crippen LogP contribution in [0, 0.1) is 5.41 Å². The van der Waals surface area contributed by atoms with E-state index in [4.69, 9.17) is 28.8 Å². The third-order valence-electron chi connectivity index (χ3n) is 6.08. The van der Waals surface area contributed by atoms with Crippen molar-refractivity contribution >= 4 is 5.97 Å². The number of aliphatic hydroxyl groups is 1. The third-order valence-corrected chi connectivity index (χ3v) is 6.08. The molecule has 0 aliphatic carbocycles. The Bertz CT molecular complexity index is 1100. The summed E-state index contributed by atoms with van der Waals surface area (Å²) in [5, 5.41) is 8.72. The van der Waals surface area contributed by atoms with E-state index in [0.29, 0.717) is 51.0 Å². The summed E-state index contributed by atoms with van der Waals surface area (Å²) in [6.45, 7) is 10.1. The Hall–Kier alpha value is -2.88. The molecule has 36 heavy (non-hydrogen) atoms. The molecular formula is C27H37NO8. The highest BCUT2D eigenvalue weighted by atomic mass is 16.6. The number of carbonyl (C=O) groups is 1. The van der Waals surface area contributed by atoms with Gasteiger partial charge in [0, 0.05) is 23.9 Å². The van der Waals surface area contributed by atoms with Crippen molar-refractivity contribution in [2.75, 3.05) is 53.4 Å². The summed E-state index contributed by atoms with van der Waals surface area (Å²) in [6.07, 6.45) is 2.32. The van der Waals surface area contributed by atoms with Crippen molar-refractivity contribution in [1.82, 2.24) is 4.57 Å². The maximum absolute atomic E-state index is 12.9. The minimum Gasteiger partial charge on any atom is -0.493 e. The van der Waals surface area contributed by atoms with E-state index in [1.54, 1.807) is 20.2 Å². The van der Waals surface area contributed by atoms with E-state index in [2.05, 4.69) is 20.8 Å². The molecule has 0 bridgehead atoms. The van der Waals surface area contributed by atoms with E-state index in [9.17, 15) is 9.59 Å². The van der Waals surface area contributed by atoms with Crippen molar-refractivity contribution in [2.24, 2.45) is 5.41 Å². The van der Waals surface area contributed by atoms with Gasteiger partial charge < -0.3 is 33.4 Å². The summed E-state index contributed by atoms with van der Waals surface area (Å²) < 4.78 is 29.4. The number of hydrogen-bond donors (Lipinski definition) is 1. The van der Waals surface area contributed by atoms with Crippen molar-refractivity contribution in [3.8, 4) is 22.8 Å². The first-order valence-corrected chi connectivity index (χ1v) is 12.2. The fraction of sp³-hybridized carbons (Fsp3) is 0.556. The van der Waals surface area contributed by atoms with Gasteiger partial charge in [-0.3, -0.25) is 4.79 Å². The summed E-state index contributed by atoms with van der Waals surface area (Å²) >= 11 is 0. The van der Waals surface area contributed by atoms with Crippen LogP contribution in [-0.4, -0.2) is 69.0 Å². The highest BCUT2D eigenvalue weighted by Gasteiger charge is 2.34. The molecule has 0 amide bonds. The lowest BCUT2D eigenvalue weighted by Crippen LogP contribution is -2.33. The number of methoxy groups -OCH3 is 1. The predicted octanol–water partition coefficient (Wildman–Crippen LogP) is 3.25. The number of esters is 1. The van der Waals surface area contributed by atoms with Crippen molar-refractivity contribution in [2.45, 2.75) is 40.2 Å². The van der Waals surface area contributed by atoms with Crippen LogP contribution in [0.2, 0.25) is 0 Å². The fourth-order valence-electron chi connectivity index (χ4n) is 4.29. The minimum atomic E-state index is -0.611. The second-order valence-electron chi connectivity index (χ2n) is 9.61. The van der Waals surface area contributed by atoms with Gasteiger partial charge in [0.05, 0.1) is 52.4 Å². The van der Waals surface area contributed by atoms with E-state index in [-0.39, 0.29) is 35.7 Å². The molecule has 1 aliphatic heterocycles. The van der Waals surface area contributed by atoms with E-state index < -0.39 is 5.97 Å². The number of rotatable bonds is 12. The molecule has 0 spiro atoms. The highest BCUT2D eigenvalue weighted by Crippen LogP contribution is 2.45. The maximum atomic E-state index is 12.9. The molecular weight excluding hydrogens is 466 g/mol. The van der Waals surface area contributed by atoms with Gasteiger partial charge in [0.2, 0.25) is 0 Å². The van der Waals surface area contributed by atoms with Crippen LogP contribution in [0.15, 0.2) is 29.2 Å². The second-order valence-corrected chi connectivity index (χ2v) is 9.61. The number of hydrogen-bond acceptors (Lipinski definition) is 8. The molecule has 1 unspecified atom stereocenters. The van der Waals surface area contributed by atoms with Gasteiger partial charge in [-0.1, -0.05) is 20.8 Å². The Kier molecular flexibility index (Phi) is 9.53. The molecule has 1 N–H and O–H groups in total. The maximum Gasteiger partial charge on any atom is 0.343 e. The van der Waals surface area contributed by atoms with Crippen LogP contribution < -0.4 is 14.9 Å². The Morgan fingerprint density at radius 3 is 2.39 bits per heavy atom. The molecule has 0 radical (unpaired) electrons. The van der Waals surface area contributed by atoms with Gasteiger partial charge in [-0.25, -0.2) is 4.79 Å². The van der Waals surface area contributed by atoms with E-state index in [1.165, 1.54) is 6.07 Å². The normalized spacial score (nSPS) is 14.7. The van der Waals surface area contributed by atoms with Crippen LogP contribution in [-0.2, 0) is 20.6 Å². The Morgan fingerprint density at radius 1 is 1.06 bits per heavy atom. The van der Waals surface area contributed by atoms with Crippen molar-refractivity contribution in [3.63, 3.8) is 0 Å². The van der Waals surface area contributed by atoms with E-state index >= 15 is 0 Å². The van der Waals surface area contributed by atoms with Crippen LogP contribution in [0.3, 0.4) is 0 Å². The summed E-state index contributed by atoms with van der Waals surface area (Å²) in [5.41, 5.74) is 2.13. The molecule has 0 saturated carbocycles. The predicted molar refractivity (Wildman–Crippen MR) is 135 cm³/mol. The molecule has 198 valence electrons. The van der Waals surface area contributed by atoms with Crippen molar-refractivity contribution in [1.29, 1.82) is 0 Å². The molecule has 1 atom stereocenters. The highest BCUT2D eigenvalue weighted by molar-refractivity contribution is 5.89. The zero-order valence-corrected chi connectivity index (χ0v) is 21.8. The Balaban J connectivity index is 1.89. The molecule has 1 aromatic carbocycles. The zero-order chi connectivity index (χ0) is 26.3. The van der Waals surface area contributed by atoms with E-state index in [1.807, 2.05) is 16.7 Å². The first kappa shape index (κ1) is 27.7. The molecule has 9 heteroatoms. The number of pyridine rings is 1. The topological polar surface area (TPSA) is 105 Å². The van der Waals surface area contributed by atoms with Crippen molar-refractivity contribution < 1.29 is 33.6 Å². The van der Waals surface area contributed by atoms with Crippen LogP contribution in [0.1, 0.15) is 49.7 Å². The molecule has 9 nitrogen and oxygen atoms in total. The Morgan fingerprint density at radius 2 is 1.75 bits per heavy atom. The standard InChI is InChI=1S/C27H37NO8/c1-6-35-26(31)20-17-28-21(16-22(20)30)19-15-23(32-5)24(13-18(19)14-25(28)27(2,3)4)36-12-11-34-10-9-33-8-7-29/h13,15-17,25,29H,6-12,14H2,1-5H3. The number of benzene rings is 1. The zero-order valence-electron chi connectivity index (χ0n) is 21.8. The lowest BCUT2D eigenvalue weighted by molar-refractivity contribution is 0.0245. The number of aliphatic hydroxyl groups excluding tert-OH is 1. The third kappa shape index (κ3) is 6.46. The van der Waals surface area contributed by atoms with Gasteiger partial charge in [0.1, 0.15) is 12.2 Å². The monoisotopic (exact) mass is 503 g/mol. The van der Waals surface area contributed by atoms with Gasteiger partial charge in [0.25, 0.3) is 0 Å². The molecule has 0 fully saturated rings. The number of aromatic nitrogens is 1. The second kappa shape index (κ2) is 12.4. The van der Waals surface area contributed by atoms with Gasteiger partial charge in [-0.05, 0) is 36.5 Å². The smallest absolute Gasteiger partial charge is 0.343 e. The van der Waals surface area contributed by atoms with Crippen LogP contribution in [0.25, 0.3) is 11.3 Å². The number of carbonyl (C=O) groups excluding carboxylic acids is 1. The largest absolute Gasteiger partial charge is 0.493 e. The summed E-state index contributed by atoms with van der Waals surface area (Å²) in [4.78, 5) is 25.3. The van der Waals surface area contributed by atoms with Crippen LogP contribution in [0.5, 0.6) is 11.5 Å². The van der Waals surface area contributed by atoms with Crippen molar-refractivity contribution in [3.05, 3.63) is 45.7 Å². The van der Waals surface area contributed by atoms with Gasteiger partial charge in [-0.2, -0.15) is 0 Å². The fourth-order valence-corrected chi connectivity index (χ4v) is 4.29. The number of fused-ring (bicyclic) bond motifs is 3. The SMILES string of the molecule is CCOC(=O)c1cn2c(cc1=O)-c1cc(OC)c(OCCOCCOCCO)cc1CC2C(C)(C)C. The minimum absolute atomic E-state index is 0.00252. The lowest BCUT2D eigenvalue weighted by atomic mass is 9.78. The molecule has 1 aliphatic rings. The first-order valence-electron chi connectivity index (χ1n) is 12.2. The quantitative estimate of drug-likeness (QED) is 0.348. The molecule has 0 saturated heterocycles. The lowest BCUT2D eigenvalue weighted by Gasteiger charge is -2.39. The van der Waals surface area contributed by atoms with Gasteiger partial charge >= 0.3 is 5.97 Å². The number of ether oxygens (including phenoxy) is 5. The Labute approximate surface area is 211 Å². The summed E-state index contributed by atoms with van der Waals surface area (Å²) in [6, 6.07) is 5.35. The summed E-state index contributed by atoms with van der Waals surface area (Å²) in [7, 11) is 1.57. The number of nitrogens with zero attached hydrogens (tertiary/aromatic N) is 1. The van der Waals surface area contributed by atoms with Gasteiger partial charge in [-0.15, -0.1) is 0 Å².